The molecule has 3 heteroatoms. The van der Waals surface area contributed by atoms with Crippen LogP contribution in [0.1, 0.15) is 33.1 Å². The van der Waals surface area contributed by atoms with Gasteiger partial charge in [0.05, 0.1) is 6.10 Å². The number of carbonyl (C=O) groups is 1. The molecule has 0 aromatic rings. The van der Waals surface area contributed by atoms with E-state index in [1.165, 1.54) is 0 Å². The normalized spacial score (nSPS) is 42.4. The van der Waals surface area contributed by atoms with Crippen LogP contribution >= 0.6 is 0 Å². The predicted octanol–water partition coefficient (Wildman–Crippen LogP) is 1.01. The fraction of sp³-hybridized carbons (Fsp3) is 0.909. The molecule has 1 aliphatic heterocycles. The van der Waals surface area contributed by atoms with E-state index in [0.29, 0.717) is 18.5 Å². The monoisotopic (exact) mass is 197 g/mol. The molecule has 3 nitrogen and oxygen atoms in total. The van der Waals surface area contributed by atoms with Gasteiger partial charge in [0, 0.05) is 18.5 Å². The van der Waals surface area contributed by atoms with Gasteiger partial charge >= 0.3 is 0 Å². The quantitative estimate of drug-likeness (QED) is 0.681. The van der Waals surface area contributed by atoms with E-state index < -0.39 is 0 Å². The van der Waals surface area contributed by atoms with E-state index >= 15 is 0 Å². The first-order chi connectivity index (χ1) is 6.59. The van der Waals surface area contributed by atoms with Crippen molar-refractivity contribution >= 4 is 5.91 Å². The van der Waals surface area contributed by atoms with Gasteiger partial charge in [0.2, 0.25) is 5.91 Å². The molecule has 1 saturated heterocycles. The number of hydrogen-bond acceptors (Lipinski definition) is 2. The Hall–Kier alpha value is -0.570. The number of piperidine rings is 1. The maximum atomic E-state index is 11.9. The number of nitrogens with zero attached hydrogens (tertiary/aromatic N) is 1. The van der Waals surface area contributed by atoms with Crippen molar-refractivity contribution in [2.75, 3.05) is 6.54 Å². The highest BCUT2D eigenvalue weighted by Crippen LogP contribution is 2.40. The van der Waals surface area contributed by atoms with E-state index in [1.807, 2.05) is 4.90 Å². The van der Waals surface area contributed by atoms with Gasteiger partial charge in [-0.05, 0) is 32.1 Å². The van der Waals surface area contributed by atoms with Crippen LogP contribution in [0, 0.1) is 11.8 Å². The van der Waals surface area contributed by atoms with Crippen LogP contribution in [-0.4, -0.2) is 34.6 Å². The summed E-state index contributed by atoms with van der Waals surface area (Å²) in [4.78, 5) is 13.8. The topological polar surface area (TPSA) is 40.5 Å². The number of aliphatic hydroxyl groups excluding tert-OH is 1. The van der Waals surface area contributed by atoms with Gasteiger partial charge in [-0.2, -0.15) is 0 Å². The van der Waals surface area contributed by atoms with Gasteiger partial charge in [-0.25, -0.2) is 0 Å². The first-order valence-electron chi connectivity index (χ1n) is 5.58. The molecule has 4 atom stereocenters. The van der Waals surface area contributed by atoms with Crippen LogP contribution in [0.15, 0.2) is 0 Å². The molecule has 0 aromatic carbocycles. The van der Waals surface area contributed by atoms with E-state index in [-0.39, 0.29) is 17.9 Å². The molecular formula is C11H19NO2. The van der Waals surface area contributed by atoms with Crippen molar-refractivity contribution in [3.8, 4) is 0 Å². The molecule has 1 saturated carbocycles. The first kappa shape index (κ1) is 9.97. The van der Waals surface area contributed by atoms with Gasteiger partial charge in [0.25, 0.3) is 0 Å². The molecule has 1 aliphatic carbocycles. The average molecular weight is 197 g/mol. The largest absolute Gasteiger partial charge is 0.391 e. The molecule has 0 aromatic heterocycles. The maximum absolute atomic E-state index is 11.9. The van der Waals surface area contributed by atoms with E-state index in [1.54, 1.807) is 0 Å². The van der Waals surface area contributed by atoms with Crippen molar-refractivity contribution < 1.29 is 9.90 Å². The highest BCUT2D eigenvalue weighted by Gasteiger charge is 2.43. The van der Waals surface area contributed by atoms with Crippen molar-refractivity contribution in [1.29, 1.82) is 0 Å². The minimum Gasteiger partial charge on any atom is -0.391 e. The summed E-state index contributed by atoms with van der Waals surface area (Å²) in [5, 5.41) is 9.52. The molecule has 80 valence electrons. The van der Waals surface area contributed by atoms with E-state index in [9.17, 15) is 9.90 Å². The smallest absolute Gasteiger partial charge is 0.226 e. The van der Waals surface area contributed by atoms with E-state index in [4.69, 9.17) is 0 Å². The molecule has 0 bridgehead atoms. The molecule has 2 fully saturated rings. The number of amides is 1. The summed E-state index contributed by atoms with van der Waals surface area (Å²) in [5.41, 5.74) is 0. The number of β-amino-alcohol motifs (C(OH)–C–C–N with tert-alkyl or cyclic N) is 1. The van der Waals surface area contributed by atoms with Gasteiger partial charge < -0.3 is 10.0 Å². The molecule has 14 heavy (non-hydrogen) atoms. The van der Waals surface area contributed by atoms with Crippen LogP contribution in [0.3, 0.4) is 0 Å². The maximum Gasteiger partial charge on any atom is 0.226 e. The molecule has 0 radical (unpaired) electrons. The lowest BCUT2D eigenvalue weighted by Gasteiger charge is -2.36. The SMILES string of the molecule is CC1CC1C(=O)N1CC(O)CCC1C. The zero-order valence-electron chi connectivity index (χ0n) is 8.94. The highest BCUT2D eigenvalue weighted by atomic mass is 16.3. The molecule has 1 amide bonds. The summed E-state index contributed by atoms with van der Waals surface area (Å²) in [7, 11) is 0. The number of likely N-dealkylation sites (tertiary alicyclic amines) is 1. The third-order valence-corrected chi connectivity index (χ3v) is 3.57. The molecule has 2 aliphatic rings. The second kappa shape index (κ2) is 3.54. The van der Waals surface area contributed by atoms with Crippen LogP contribution < -0.4 is 0 Å². The molecule has 1 N–H and O–H groups in total. The summed E-state index contributed by atoms with van der Waals surface area (Å²) in [6, 6.07) is 0.318. The fourth-order valence-corrected chi connectivity index (χ4v) is 2.27. The van der Waals surface area contributed by atoms with Crippen molar-refractivity contribution in [2.45, 2.75) is 45.3 Å². The lowest BCUT2D eigenvalue weighted by molar-refractivity contribution is -0.138. The van der Waals surface area contributed by atoms with Crippen LogP contribution in [-0.2, 0) is 4.79 Å². The number of hydrogen-bond donors (Lipinski definition) is 1. The third-order valence-electron chi connectivity index (χ3n) is 3.57. The number of carbonyl (C=O) groups excluding carboxylic acids is 1. The average Bonchev–Trinajstić information content (AvgIpc) is 2.86. The van der Waals surface area contributed by atoms with Crippen molar-refractivity contribution in [1.82, 2.24) is 4.90 Å². The standard InChI is InChI=1S/C11H19NO2/c1-7-5-10(7)11(14)12-6-9(13)4-3-8(12)2/h7-10,13H,3-6H2,1-2H3. The molecule has 0 spiro atoms. The summed E-state index contributed by atoms with van der Waals surface area (Å²) < 4.78 is 0. The van der Waals surface area contributed by atoms with Crippen molar-refractivity contribution in [3.63, 3.8) is 0 Å². The Kier molecular flexibility index (Phi) is 2.52. The van der Waals surface area contributed by atoms with Crippen molar-refractivity contribution in [3.05, 3.63) is 0 Å². The third kappa shape index (κ3) is 1.78. The van der Waals surface area contributed by atoms with Crippen LogP contribution in [0.4, 0.5) is 0 Å². The molecule has 2 rings (SSSR count). The second-order valence-electron chi connectivity index (χ2n) is 4.89. The Labute approximate surface area is 85.1 Å². The zero-order valence-corrected chi connectivity index (χ0v) is 8.94. The summed E-state index contributed by atoms with van der Waals surface area (Å²) >= 11 is 0. The minimum atomic E-state index is -0.302. The highest BCUT2D eigenvalue weighted by molar-refractivity contribution is 5.82. The van der Waals surface area contributed by atoms with E-state index in [2.05, 4.69) is 13.8 Å². The second-order valence-corrected chi connectivity index (χ2v) is 4.89. The zero-order chi connectivity index (χ0) is 10.3. The summed E-state index contributed by atoms with van der Waals surface area (Å²) in [6.07, 6.45) is 2.52. The Morgan fingerprint density at radius 2 is 2.00 bits per heavy atom. The minimum absolute atomic E-state index is 0.253. The molecular weight excluding hydrogens is 178 g/mol. The summed E-state index contributed by atoms with van der Waals surface area (Å²) in [6.45, 7) is 4.74. The van der Waals surface area contributed by atoms with Gasteiger partial charge in [-0.1, -0.05) is 6.92 Å². The Morgan fingerprint density at radius 3 is 2.57 bits per heavy atom. The number of rotatable bonds is 1. The Morgan fingerprint density at radius 1 is 1.36 bits per heavy atom. The predicted molar refractivity (Wildman–Crippen MR) is 53.7 cm³/mol. The lowest BCUT2D eigenvalue weighted by Crippen LogP contribution is -2.48. The van der Waals surface area contributed by atoms with Crippen LogP contribution in [0.5, 0.6) is 0 Å². The molecule has 4 unspecified atom stereocenters. The Balaban J connectivity index is 1.97. The van der Waals surface area contributed by atoms with Crippen molar-refractivity contribution in [2.24, 2.45) is 11.8 Å². The first-order valence-corrected chi connectivity index (χ1v) is 5.58. The lowest BCUT2D eigenvalue weighted by atomic mass is 10.0. The molecule has 1 heterocycles. The number of aliphatic hydroxyl groups is 1. The van der Waals surface area contributed by atoms with Gasteiger partial charge in [-0.3, -0.25) is 4.79 Å². The summed E-state index contributed by atoms with van der Waals surface area (Å²) in [5.74, 6) is 1.08. The van der Waals surface area contributed by atoms with Crippen LogP contribution in [0.2, 0.25) is 0 Å². The van der Waals surface area contributed by atoms with Crippen LogP contribution in [0.25, 0.3) is 0 Å². The van der Waals surface area contributed by atoms with Gasteiger partial charge in [-0.15, -0.1) is 0 Å². The fourth-order valence-electron chi connectivity index (χ4n) is 2.27. The van der Waals surface area contributed by atoms with Gasteiger partial charge in [0.15, 0.2) is 0 Å². The van der Waals surface area contributed by atoms with E-state index in [0.717, 1.165) is 19.3 Å². The Bertz CT molecular complexity index is 241. The van der Waals surface area contributed by atoms with Gasteiger partial charge in [0.1, 0.15) is 0 Å².